The Labute approximate surface area is 256 Å². The number of rotatable bonds is 9. The lowest BCUT2D eigenvalue weighted by molar-refractivity contribution is -0.150. The van der Waals surface area contributed by atoms with Crippen molar-refractivity contribution in [3.05, 3.63) is 53.0 Å². The van der Waals surface area contributed by atoms with Crippen LogP contribution in [0.1, 0.15) is 81.3 Å². The maximum atomic E-state index is 13.5. The number of thiophene rings is 1. The van der Waals surface area contributed by atoms with Crippen LogP contribution in [0.15, 0.2) is 41.8 Å². The Morgan fingerprint density at radius 2 is 1.70 bits per heavy atom. The van der Waals surface area contributed by atoms with Gasteiger partial charge in [0.15, 0.2) is 0 Å². The van der Waals surface area contributed by atoms with Crippen molar-refractivity contribution in [3.63, 3.8) is 0 Å². The first-order chi connectivity index (χ1) is 20.6. The van der Waals surface area contributed by atoms with Crippen molar-refractivity contribution in [2.24, 2.45) is 11.3 Å². The number of hydrogen-bond donors (Lipinski definition) is 3. The Kier molecular flexibility index (Phi) is 9.25. The summed E-state index contributed by atoms with van der Waals surface area (Å²) >= 11 is 1.54. The lowest BCUT2D eigenvalue weighted by atomic mass is 9.74. The smallest absolute Gasteiger partial charge is 0.309 e. The van der Waals surface area contributed by atoms with E-state index in [0.717, 1.165) is 21.5 Å². The molecule has 2 aliphatic rings. The molecule has 2 heterocycles. The summed E-state index contributed by atoms with van der Waals surface area (Å²) in [5.74, 6) is -1.11. The first-order valence-electron chi connectivity index (χ1n) is 15.4. The number of nitrogens with one attached hydrogen (secondary N) is 2. The van der Waals surface area contributed by atoms with Crippen molar-refractivity contribution < 1.29 is 24.3 Å². The van der Waals surface area contributed by atoms with Crippen LogP contribution in [0.4, 0.5) is 5.69 Å². The number of aliphatic carboxylic acids is 1. The van der Waals surface area contributed by atoms with Crippen molar-refractivity contribution in [3.8, 4) is 0 Å². The number of anilines is 1. The second-order valence-electron chi connectivity index (χ2n) is 12.4. The Morgan fingerprint density at radius 1 is 1.00 bits per heavy atom. The van der Waals surface area contributed by atoms with Gasteiger partial charge < -0.3 is 25.2 Å². The highest BCUT2D eigenvalue weighted by molar-refractivity contribution is 7.17. The van der Waals surface area contributed by atoms with Gasteiger partial charge in [0.2, 0.25) is 11.8 Å². The van der Waals surface area contributed by atoms with Gasteiger partial charge in [-0.25, -0.2) is 0 Å². The van der Waals surface area contributed by atoms with Gasteiger partial charge in [-0.15, -0.1) is 11.3 Å². The second-order valence-corrected chi connectivity index (χ2v) is 13.4. The molecule has 2 aromatic heterocycles. The fourth-order valence-corrected chi connectivity index (χ4v) is 7.37. The lowest BCUT2D eigenvalue weighted by Crippen LogP contribution is -2.46. The third-order valence-electron chi connectivity index (χ3n) is 9.36. The summed E-state index contributed by atoms with van der Waals surface area (Å²) < 4.78 is 2.78. The zero-order valence-electron chi connectivity index (χ0n) is 25.2. The predicted molar refractivity (Wildman–Crippen MR) is 168 cm³/mol. The van der Waals surface area contributed by atoms with Gasteiger partial charge in [-0.3, -0.25) is 19.2 Å². The minimum atomic E-state index is -0.762. The number of carbonyl (C=O) groups excluding carboxylic acids is 3. The highest BCUT2D eigenvalue weighted by Crippen LogP contribution is 2.36. The molecular weight excluding hydrogens is 564 g/mol. The quantitative estimate of drug-likeness (QED) is 0.297. The molecule has 0 unspecified atom stereocenters. The molecule has 2 aliphatic carbocycles. The van der Waals surface area contributed by atoms with Crippen LogP contribution in [0.2, 0.25) is 0 Å². The molecule has 1 aromatic carbocycles. The van der Waals surface area contributed by atoms with Crippen LogP contribution < -0.4 is 15.5 Å². The fraction of sp³-hybridized carbons (Fsp3) is 0.515. The summed E-state index contributed by atoms with van der Waals surface area (Å²) in [6.07, 6.45) is 5.28. The van der Waals surface area contributed by atoms with E-state index >= 15 is 0 Å². The maximum absolute atomic E-state index is 13.5. The minimum Gasteiger partial charge on any atom is -0.481 e. The standard InChI is InChI=1S/C33H42N4O5S/c1-4-36(25-7-5-6-21(2)18-25)29(38)20-37-26-14-17-43-28(26)19-27(37)31(40)35-23-10-8-22(9-11-23)30(39)34-24-12-15-33(3,16-13-24)32(41)42/h5-7,14,17-19,22-24H,4,8-13,15-16,20H2,1-3H3,(H,34,39)(H,35,40)(H,41,42). The number of carbonyl (C=O) groups is 4. The number of amides is 3. The number of hydrogen-bond acceptors (Lipinski definition) is 5. The number of carboxylic acid groups (broad SMARTS) is 1. The van der Waals surface area contributed by atoms with Crippen molar-refractivity contribution in [2.45, 2.75) is 90.8 Å². The SMILES string of the molecule is CCN(C(=O)Cn1c(C(=O)NC2CCC(C(=O)NC3CCC(C)(C(=O)O)CC3)CC2)cc2sccc21)c1cccc(C)c1. The molecule has 3 aromatic rings. The summed E-state index contributed by atoms with van der Waals surface area (Å²) in [6.45, 7) is 6.32. The number of aromatic nitrogens is 1. The van der Waals surface area contributed by atoms with E-state index in [1.54, 1.807) is 23.2 Å². The molecule has 0 aliphatic heterocycles. The lowest BCUT2D eigenvalue weighted by Gasteiger charge is -2.35. The summed E-state index contributed by atoms with van der Waals surface area (Å²) in [5.41, 5.74) is 2.57. The molecule has 10 heteroatoms. The molecule has 3 N–H and O–H groups in total. The van der Waals surface area contributed by atoms with Crippen LogP contribution in [-0.4, -0.2) is 52.0 Å². The second kappa shape index (κ2) is 12.9. The predicted octanol–water partition coefficient (Wildman–Crippen LogP) is 5.50. The summed E-state index contributed by atoms with van der Waals surface area (Å²) in [5, 5.41) is 17.8. The molecular formula is C33H42N4O5S. The normalized spacial score (nSPS) is 23.9. The van der Waals surface area contributed by atoms with E-state index < -0.39 is 11.4 Å². The third-order valence-corrected chi connectivity index (χ3v) is 10.2. The molecule has 0 saturated heterocycles. The van der Waals surface area contributed by atoms with Gasteiger partial charge in [-0.05, 0) is 107 Å². The summed E-state index contributed by atoms with van der Waals surface area (Å²) in [6, 6.07) is 11.7. The van der Waals surface area contributed by atoms with E-state index in [2.05, 4.69) is 10.6 Å². The molecule has 3 amide bonds. The average molecular weight is 607 g/mol. The number of aryl methyl sites for hydroxylation is 1. The van der Waals surface area contributed by atoms with Crippen LogP contribution in [0.5, 0.6) is 0 Å². The van der Waals surface area contributed by atoms with Gasteiger partial charge in [0.05, 0.1) is 15.6 Å². The molecule has 2 fully saturated rings. The van der Waals surface area contributed by atoms with E-state index in [0.29, 0.717) is 63.6 Å². The number of likely N-dealkylation sites (N-methyl/N-ethyl adjacent to an activating group) is 1. The Bertz CT molecular complexity index is 1490. The summed E-state index contributed by atoms with van der Waals surface area (Å²) in [7, 11) is 0. The van der Waals surface area contributed by atoms with Crippen molar-refractivity contribution in [2.75, 3.05) is 11.4 Å². The molecule has 2 saturated carbocycles. The summed E-state index contributed by atoms with van der Waals surface area (Å²) in [4.78, 5) is 53.3. The Hall–Kier alpha value is -3.66. The Balaban J connectivity index is 1.18. The minimum absolute atomic E-state index is 0.0243. The highest BCUT2D eigenvalue weighted by Gasteiger charge is 2.38. The van der Waals surface area contributed by atoms with Gasteiger partial charge in [0.1, 0.15) is 12.2 Å². The largest absolute Gasteiger partial charge is 0.481 e. The fourth-order valence-electron chi connectivity index (χ4n) is 6.55. The van der Waals surface area contributed by atoms with Crippen LogP contribution in [0.25, 0.3) is 10.2 Å². The highest BCUT2D eigenvalue weighted by atomic mass is 32.1. The monoisotopic (exact) mass is 606 g/mol. The number of nitrogens with zero attached hydrogens (tertiary/aromatic N) is 2. The van der Waals surface area contributed by atoms with Crippen LogP contribution in [0.3, 0.4) is 0 Å². The van der Waals surface area contributed by atoms with Crippen molar-refractivity contribution >= 4 is 50.9 Å². The van der Waals surface area contributed by atoms with E-state index in [1.807, 2.05) is 60.2 Å². The first-order valence-corrected chi connectivity index (χ1v) is 16.2. The van der Waals surface area contributed by atoms with Crippen molar-refractivity contribution in [1.29, 1.82) is 0 Å². The van der Waals surface area contributed by atoms with E-state index in [4.69, 9.17) is 0 Å². The molecule has 0 bridgehead atoms. The Morgan fingerprint density at radius 3 is 2.35 bits per heavy atom. The first kappa shape index (κ1) is 30.8. The zero-order valence-corrected chi connectivity index (χ0v) is 26.0. The molecule has 0 radical (unpaired) electrons. The zero-order chi connectivity index (χ0) is 30.7. The number of benzene rings is 1. The molecule has 0 atom stereocenters. The van der Waals surface area contributed by atoms with Gasteiger partial charge in [-0.1, -0.05) is 12.1 Å². The average Bonchev–Trinajstić information content (AvgIpc) is 3.58. The molecule has 230 valence electrons. The number of fused-ring (bicyclic) bond motifs is 1. The van der Waals surface area contributed by atoms with Crippen molar-refractivity contribution in [1.82, 2.24) is 15.2 Å². The van der Waals surface area contributed by atoms with Gasteiger partial charge in [-0.2, -0.15) is 0 Å². The van der Waals surface area contributed by atoms with Crippen LogP contribution in [-0.2, 0) is 20.9 Å². The van der Waals surface area contributed by atoms with Gasteiger partial charge in [0, 0.05) is 30.2 Å². The maximum Gasteiger partial charge on any atom is 0.309 e. The van der Waals surface area contributed by atoms with E-state index in [9.17, 15) is 24.3 Å². The van der Waals surface area contributed by atoms with E-state index in [-0.39, 0.29) is 42.3 Å². The van der Waals surface area contributed by atoms with Gasteiger partial charge >= 0.3 is 5.97 Å². The molecule has 43 heavy (non-hydrogen) atoms. The molecule has 0 spiro atoms. The topological polar surface area (TPSA) is 121 Å². The molecule has 5 rings (SSSR count). The third kappa shape index (κ3) is 6.79. The van der Waals surface area contributed by atoms with Crippen LogP contribution >= 0.6 is 11.3 Å². The van der Waals surface area contributed by atoms with Crippen LogP contribution in [0, 0.1) is 18.3 Å². The molecule has 9 nitrogen and oxygen atoms in total. The number of carboxylic acids is 1. The van der Waals surface area contributed by atoms with Gasteiger partial charge in [0.25, 0.3) is 5.91 Å². The van der Waals surface area contributed by atoms with E-state index in [1.165, 1.54) is 0 Å².